The van der Waals surface area contributed by atoms with Crippen molar-refractivity contribution in [3.05, 3.63) is 60.2 Å². The second-order valence-electron chi connectivity index (χ2n) is 6.60. The lowest BCUT2D eigenvalue weighted by atomic mass is 10.1. The Morgan fingerprint density at radius 3 is 2.36 bits per heavy atom. The topological polar surface area (TPSA) is 87.7 Å². The maximum absolute atomic E-state index is 12.6. The summed E-state index contributed by atoms with van der Waals surface area (Å²) in [6.45, 7) is 3.67. The summed E-state index contributed by atoms with van der Waals surface area (Å²) >= 11 is 0. The van der Waals surface area contributed by atoms with Crippen LogP contribution in [0.1, 0.15) is 18.5 Å². The smallest absolute Gasteiger partial charge is 0.243 e. The molecule has 1 aliphatic heterocycles. The Kier molecular flexibility index (Phi) is 6.79. The Morgan fingerprint density at radius 1 is 1.07 bits per heavy atom. The molecule has 1 atom stereocenters. The zero-order valence-corrected chi connectivity index (χ0v) is 16.6. The van der Waals surface area contributed by atoms with Gasteiger partial charge in [0.15, 0.2) is 0 Å². The largest absolute Gasteiger partial charge is 0.379 e. The highest BCUT2D eigenvalue weighted by Crippen LogP contribution is 2.19. The van der Waals surface area contributed by atoms with Gasteiger partial charge in [-0.15, -0.1) is 0 Å². The third-order valence-electron chi connectivity index (χ3n) is 4.61. The molecule has 7 nitrogen and oxygen atoms in total. The van der Waals surface area contributed by atoms with E-state index in [-0.39, 0.29) is 23.4 Å². The molecule has 8 heteroatoms. The van der Waals surface area contributed by atoms with E-state index in [4.69, 9.17) is 4.74 Å². The second kappa shape index (κ2) is 9.29. The first-order valence-corrected chi connectivity index (χ1v) is 10.7. The zero-order valence-electron chi connectivity index (χ0n) is 15.8. The standard InChI is InChI=1S/C20H25N3O4S/c1-16(17-5-3-2-4-6-17)21-15-20(24)22-18-7-9-19(10-8-18)28(25,26)23-11-13-27-14-12-23/h2-10,16,21H,11-15H2,1H3,(H,22,24)/t16-/m1/s1. The van der Waals surface area contributed by atoms with Crippen molar-refractivity contribution in [3.63, 3.8) is 0 Å². The Hall–Kier alpha value is -2.26. The number of anilines is 1. The molecular weight excluding hydrogens is 378 g/mol. The summed E-state index contributed by atoms with van der Waals surface area (Å²) in [5, 5.41) is 5.95. The summed E-state index contributed by atoms with van der Waals surface area (Å²) in [5.41, 5.74) is 1.66. The molecule has 0 aliphatic carbocycles. The maximum Gasteiger partial charge on any atom is 0.243 e. The quantitative estimate of drug-likeness (QED) is 0.738. The number of amides is 1. The highest BCUT2D eigenvalue weighted by Gasteiger charge is 2.26. The first-order chi connectivity index (χ1) is 13.5. The van der Waals surface area contributed by atoms with E-state index in [1.807, 2.05) is 37.3 Å². The highest BCUT2D eigenvalue weighted by molar-refractivity contribution is 7.89. The van der Waals surface area contributed by atoms with Crippen LogP contribution in [-0.2, 0) is 19.6 Å². The SMILES string of the molecule is C[C@@H](NCC(=O)Nc1ccc(S(=O)(=O)N2CCOCC2)cc1)c1ccccc1. The van der Waals surface area contributed by atoms with E-state index in [2.05, 4.69) is 10.6 Å². The molecule has 0 unspecified atom stereocenters. The summed E-state index contributed by atoms with van der Waals surface area (Å²) in [4.78, 5) is 12.4. The van der Waals surface area contributed by atoms with Gasteiger partial charge < -0.3 is 15.4 Å². The van der Waals surface area contributed by atoms with Crippen LogP contribution >= 0.6 is 0 Å². The van der Waals surface area contributed by atoms with Gasteiger partial charge in [0.1, 0.15) is 0 Å². The highest BCUT2D eigenvalue weighted by atomic mass is 32.2. The van der Waals surface area contributed by atoms with Crippen LogP contribution < -0.4 is 10.6 Å². The summed E-state index contributed by atoms with van der Waals surface area (Å²) in [7, 11) is -3.53. The van der Waals surface area contributed by atoms with Crippen LogP contribution in [0.2, 0.25) is 0 Å². The molecule has 0 aromatic heterocycles. The molecule has 1 amide bonds. The first kappa shape index (κ1) is 20.5. The minimum atomic E-state index is -3.53. The van der Waals surface area contributed by atoms with Crippen LogP contribution in [0, 0.1) is 0 Å². The van der Waals surface area contributed by atoms with E-state index in [0.717, 1.165) is 5.56 Å². The molecule has 3 rings (SSSR count). The molecule has 0 saturated carbocycles. The predicted octanol–water partition coefficient (Wildman–Crippen LogP) is 2.00. The Morgan fingerprint density at radius 2 is 1.71 bits per heavy atom. The number of carbonyl (C=O) groups excluding carboxylic acids is 1. The number of nitrogens with one attached hydrogen (secondary N) is 2. The van der Waals surface area contributed by atoms with Gasteiger partial charge >= 0.3 is 0 Å². The van der Waals surface area contributed by atoms with Crippen LogP contribution in [0.15, 0.2) is 59.5 Å². The third kappa shape index (κ3) is 5.17. The van der Waals surface area contributed by atoms with Crippen molar-refractivity contribution in [2.24, 2.45) is 0 Å². The summed E-state index contributed by atoms with van der Waals surface area (Å²) in [6.07, 6.45) is 0. The van der Waals surface area contributed by atoms with Crippen LogP contribution in [-0.4, -0.2) is 51.5 Å². The van der Waals surface area contributed by atoms with Crippen molar-refractivity contribution in [3.8, 4) is 0 Å². The van der Waals surface area contributed by atoms with Gasteiger partial charge in [-0.05, 0) is 36.8 Å². The molecule has 1 aliphatic rings. The molecule has 2 N–H and O–H groups in total. The van der Waals surface area contributed by atoms with Gasteiger partial charge in [-0.25, -0.2) is 8.42 Å². The van der Waals surface area contributed by atoms with Crippen molar-refractivity contribution in [2.45, 2.75) is 17.9 Å². The minimum absolute atomic E-state index is 0.0491. The number of rotatable bonds is 7. The lowest BCUT2D eigenvalue weighted by molar-refractivity contribution is -0.115. The van der Waals surface area contributed by atoms with E-state index < -0.39 is 10.0 Å². The molecule has 150 valence electrons. The average Bonchev–Trinajstić information content (AvgIpc) is 2.73. The van der Waals surface area contributed by atoms with E-state index in [0.29, 0.717) is 32.0 Å². The Bertz CT molecular complexity index is 879. The van der Waals surface area contributed by atoms with Crippen molar-refractivity contribution < 1.29 is 17.9 Å². The molecule has 1 fully saturated rings. The zero-order chi connectivity index (χ0) is 20.0. The van der Waals surface area contributed by atoms with Crippen molar-refractivity contribution >= 4 is 21.6 Å². The fraction of sp³-hybridized carbons (Fsp3) is 0.350. The third-order valence-corrected chi connectivity index (χ3v) is 6.53. The molecule has 1 heterocycles. The number of benzene rings is 2. The Labute approximate surface area is 165 Å². The summed E-state index contributed by atoms with van der Waals surface area (Å²) < 4.78 is 31.8. The van der Waals surface area contributed by atoms with Crippen molar-refractivity contribution in [2.75, 3.05) is 38.2 Å². The lowest BCUT2D eigenvalue weighted by Crippen LogP contribution is -2.40. The normalized spacial score (nSPS) is 16.5. The average molecular weight is 404 g/mol. The predicted molar refractivity (Wildman–Crippen MR) is 108 cm³/mol. The van der Waals surface area contributed by atoms with E-state index in [1.54, 1.807) is 12.1 Å². The van der Waals surface area contributed by atoms with Crippen LogP contribution in [0.25, 0.3) is 0 Å². The Balaban J connectivity index is 1.54. The number of hydrogen-bond acceptors (Lipinski definition) is 5. The molecule has 2 aromatic rings. The van der Waals surface area contributed by atoms with Crippen LogP contribution in [0.4, 0.5) is 5.69 Å². The van der Waals surface area contributed by atoms with Gasteiger partial charge in [0.05, 0.1) is 24.7 Å². The summed E-state index contributed by atoms with van der Waals surface area (Å²) in [5.74, 6) is -0.188. The summed E-state index contributed by atoms with van der Waals surface area (Å²) in [6, 6.07) is 16.2. The number of sulfonamides is 1. The molecule has 0 radical (unpaired) electrons. The molecule has 0 spiro atoms. The minimum Gasteiger partial charge on any atom is -0.379 e. The first-order valence-electron chi connectivity index (χ1n) is 9.23. The van der Waals surface area contributed by atoms with Gasteiger partial charge in [0, 0.05) is 24.8 Å². The molecule has 28 heavy (non-hydrogen) atoms. The molecular formula is C20H25N3O4S. The van der Waals surface area contributed by atoms with Gasteiger partial charge in [0.25, 0.3) is 0 Å². The van der Waals surface area contributed by atoms with E-state index >= 15 is 0 Å². The van der Waals surface area contributed by atoms with Gasteiger partial charge in [-0.1, -0.05) is 30.3 Å². The van der Waals surface area contributed by atoms with Gasteiger partial charge in [-0.2, -0.15) is 4.31 Å². The second-order valence-corrected chi connectivity index (χ2v) is 8.54. The molecule has 1 saturated heterocycles. The lowest BCUT2D eigenvalue weighted by Gasteiger charge is -2.26. The number of nitrogens with zero attached hydrogens (tertiary/aromatic N) is 1. The number of hydrogen-bond donors (Lipinski definition) is 2. The van der Waals surface area contributed by atoms with E-state index in [1.165, 1.54) is 16.4 Å². The maximum atomic E-state index is 12.6. The monoisotopic (exact) mass is 403 g/mol. The molecule has 0 bridgehead atoms. The van der Waals surface area contributed by atoms with Gasteiger partial charge in [0.2, 0.25) is 15.9 Å². The van der Waals surface area contributed by atoms with E-state index in [9.17, 15) is 13.2 Å². The van der Waals surface area contributed by atoms with Gasteiger partial charge in [-0.3, -0.25) is 4.79 Å². The fourth-order valence-electron chi connectivity index (χ4n) is 2.96. The molecule has 2 aromatic carbocycles. The number of morpholine rings is 1. The number of ether oxygens (including phenoxy) is 1. The van der Waals surface area contributed by atoms with Crippen LogP contribution in [0.3, 0.4) is 0 Å². The fourth-order valence-corrected chi connectivity index (χ4v) is 4.36. The van der Waals surface area contributed by atoms with Crippen molar-refractivity contribution in [1.29, 1.82) is 0 Å². The van der Waals surface area contributed by atoms with Crippen molar-refractivity contribution in [1.82, 2.24) is 9.62 Å². The number of carbonyl (C=O) groups is 1. The van der Waals surface area contributed by atoms with Crippen LogP contribution in [0.5, 0.6) is 0 Å².